The first-order valence-corrected chi connectivity index (χ1v) is 12.7. The Hall–Kier alpha value is -2.96. The second kappa shape index (κ2) is 9.01. The number of aromatic amines is 2. The van der Waals surface area contributed by atoms with Crippen LogP contribution in [0, 0.1) is 6.92 Å². The van der Waals surface area contributed by atoms with E-state index in [1.807, 2.05) is 6.20 Å². The predicted molar refractivity (Wildman–Crippen MR) is 136 cm³/mol. The van der Waals surface area contributed by atoms with E-state index in [9.17, 15) is 0 Å². The number of aryl methyl sites for hydroxylation is 1. The molecule has 2 fully saturated rings. The van der Waals surface area contributed by atoms with Crippen LogP contribution < -0.4 is 10.6 Å². The van der Waals surface area contributed by atoms with E-state index in [2.05, 4.69) is 77.0 Å². The number of nitrogens with zero attached hydrogens (tertiary/aromatic N) is 2. The van der Waals surface area contributed by atoms with Crippen molar-refractivity contribution < 1.29 is 0 Å². The molecule has 176 valence electrons. The highest BCUT2D eigenvalue weighted by Gasteiger charge is 2.26. The number of piperidine rings is 2. The zero-order valence-corrected chi connectivity index (χ0v) is 20.1. The van der Waals surface area contributed by atoms with E-state index in [1.165, 1.54) is 23.2 Å². The van der Waals surface area contributed by atoms with E-state index in [-0.39, 0.29) is 0 Å². The maximum absolute atomic E-state index is 4.86. The monoisotopic (exact) mass is 454 g/mol. The lowest BCUT2D eigenvalue weighted by atomic mass is 9.84. The van der Waals surface area contributed by atoms with Crippen LogP contribution in [0.3, 0.4) is 0 Å². The Morgan fingerprint density at radius 3 is 2.53 bits per heavy atom. The van der Waals surface area contributed by atoms with Gasteiger partial charge in [0.15, 0.2) is 0 Å². The van der Waals surface area contributed by atoms with Crippen molar-refractivity contribution in [3.63, 3.8) is 0 Å². The van der Waals surface area contributed by atoms with Crippen molar-refractivity contribution in [1.82, 2.24) is 30.6 Å². The van der Waals surface area contributed by atoms with Crippen LogP contribution in [-0.4, -0.2) is 39.1 Å². The summed E-state index contributed by atoms with van der Waals surface area (Å²) in [5.41, 5.74) is 8.30. The molecule has 2 aromatic rings. The third-order valence-electron chi connectivity index (χ3n) is 7.85. The van der Waals surface area contributed by atoms with Crippen molar-refractivity contribution in [3.05, 3.63) is 71.4 Å². The van der Waals surface area contributed by atoms with Gasteiger partial charge in [0.2, 0.25) is 0 Å². The molecule has 4 aliphatic heterocycles. The molecule has 4 unspecified atom stereocenters. The maximum Gasteiger partial charge on any atom is 0.109 e. The molecule has 1 aromatic carbocycles. The Labute approximate surface area is 201 Å². The zero-order chi connectivity index (χ0) is 23.1. The molecule has 0 bridgehead atoms. The molecule has 2 saturated heterocycles. The molecule has 0 saturated carbocycles. The summed E-state index contributed by atoms with van der Waals surface area (Å²) in [6, 6.07) is 14.3. The molecule has 4 atom stereocenters. The van der Waals surface area contributed by atoms with Crippen molar-refractivity contribution in [2.24, 2.45) is 0 Å². The first-order valence-electron chi connectivity index (χ1n) is 12.7. The van der Waals surface area contributed by atoms with E-state index < -0.39 is 0 Å². The van der Waals surface area contributed by atoms with Gasteiger partial charge in [-0.2, -0.15) is 0 Å². The summed E-state index contributed by atoms with van der Waals surface area (Å²) in [7, 11) is 0. The van der Waals surface area contributed by atoms with Crippen LogP contribution in [0.25, 0.3) is 22.6 Å². The Balaban J connectivity index is 1.20. The van der Waals surface area contributed by atoms with Crippen molar-refractivity contribution in [2.45, 2.75) is 63.5 Å². The number of benzene rings is 1. The lowest BCUT2D eigenvalue weighted by Gasteiger charge is -2.31. The normalized spacial score (nSPS) is 25.6. The minimum absolute atomic E-state index is 0.390. The molecule has 34 heavy (non-hydrogen) atoms. The maximum atomic E-state index is 4.86. The Morgan fingerprint density at radius 2 is 1.74 bits per heavy atom. The number of nitrogens with one attached hydrogen (secondary N) is 4. The Bertz CT molecular complexity index is 1220. The zero-order valence-electron chi connectivity index (χ0n) is 20.1. The first-order chi connectivity index (χ1) is 16.6. The Morgan fingerprint density at radius 1 is 0.912 bits per heavy atom. The number of fused-ring (bicyclic) bond motifs is 1. The lowest BCUT2D eigenvalue weighted by Crippen LogP contribution is -2.35. The average Bonchev–Trinajstić information content (AvgIpc) is 3.50. The standard InChI is InChI=1S/C28H34N6/c1-17-13-22(8-10-29-17)28-32-16-27-26(34-28)15-25(33-27)20-5-3-19(4-6-20)24-14-21(7-11-31-24)23-9-12-30-18(23)2/h3-6,9,12,15-17,21-22,24,29-31H,7-8,10-11,13-14H2,1-2H3,(H,32,34). The topological polar surface area (TPSA) is 81.4 Å². The summed E-state index contributed by atoms with van der Waals surface area (Å²) in [6.07, 6.45) is 8.57. The van der Waals surface area contributed by atoms with Gasteiger partial charge >= 0.3 is 0 Å². The highest BCUT2D eigenvalue weighted by Crippen LogP contribution is 2.36. The van der Waals surface area contributed by atoms with Gasteiger partial charge in [-0.3, -0.25) is 0 Å². The minimum Gasteiger partial charge on any atom is -0.365 e. The molecule has 6 nitrogen and oxygen atoms in total. The molecule has 5 heterocycles. The van der Waals surface area contributed by atoms with E-state index in [0.717, 1.165) is 60.8 Å². The smallest absolute Gasteiger partial charge is 0.109 e. The van der Waals surface area contributed by atoms with Crippen molar-refractivity contribution in [1.29, 1.82) is 0 Å². The van der Waals surface area contributed by atoms with Gasteiger partial charge in [-0.15, -0.1) is 0 Å². The number of H-pyrrole nitrogens is 2. The third kappa shape index (κ3) is 4.17. The third-order valence-corrected chi connectivity index (χ3v) is 7.85. The van der Waals surface area contributed by atoms with Gasteiger partial charge < -0.3 is 20.6 Å². The quantitative estimate of drug-likeness (QED) is 0.338. The van der Waals surface area contributed by atoms with E-state index in [1.54, 1.807) is 0 Å². The molecule has 1 aromatic heterocycles. The minimum atomic E-state index is 0.390. The summed E-state index contributed by atoms with van der Waals surface area (Å²) >= 11 is 0. The van der Waals surface area contributed by atoms with Gasteiger partial charge in [-0.1, -0.05) is 24.3 Å². The van der Waals surface area contributed by atoms with Gasteiger partial charge in [0.1, 0.15) is 11.5 Å². The van der Waals surface area contributed by atoms with Crippen molar-refractivity contribution in [2.75, 3.05) is 13.1 Å². The van der Waals surface area contributed by atoms with Crippen molar-refractivity contribution in [3.8, 4) is 22.6 Å². The molecular formula is C28H34N6. The van der Waals surface area contributed by atoms with Gasteiger partial charge in [0, 0.05) is 35.5 Å². The lowest BCUT2D eigenvalue weighted by molar-refractivity contribution is 0.369. The van der Waals surface area contributed by atoms with Crippen LogP contribution in [-0.2, 0) is 0 Å². The molecule has 0 spiro atoms. The second-order valence-corrected chi connectivity index (χ2v) is 10.2. The van der Waals surface area contributed by atoms with Gasteiger partial charge in [0.05, 0.1) is 17.6 Å². The molecule has 0 radical (unpaired) electrons. The summed E-state index contributed by atoms with van der Waals surface area (Å²) in [6.45, 7) is 6.54. The molecule has 0 aliphatic carbocycles. The average molecular weight is 455 g/mol. The van der Waals surface area contributed by atoms with E-state index in [0.29, 0.717) is 23.9 Å². The number of rotatable bonds is 4. The van der Waals surface area contributed by atoms with Crippen LogP contribution in [0.4, 0.5) is 0 Å². The van der Waals surface area contributed by atoms with Gasteiger partial charge in [0.25, 0.3) is 0 Å². The second-order valence-electron chi connectivity index (χ2n) is 10.2. The van der Waals surface area contributed by atoms with Gasteiger partial charge in [-0.25, -0.2) is 9.97 Å². The molecule has 4 aliphatic rings. The predicted octanol–water partition coefficient (Wildman–Crippen LogP) is 5.28. The number of hydrogen-bond donors (Lipinski definition) is 4. The summed E-state index contributed by atoms with van der Waals surface area (Å²) < 4.78 is 0. The molecule has 6 rings (SSSR count). The fraction of sp³-hybridized carbons (Fsp3) is 0.429. The SMILES string of the molecule is Cc1[nH]ccc1C1CCNC(c2ccc(-c3cc4[nH]c(C5CCNC(C)C5)ncc-4n3)cc2)C1. The van der Waals surface area contributed by atoms with Crippen LogP contribution in [0.5, 0.6) is 0 Å². The van der Waals surface area contributed by atoms with Gasteiger partial charge in [-0.05, 0) is 81.8 Å². The van der Waals surface area contributed by atoms with E-state index in [4.69, 9.17) is 9.97 Å². The van der Waals surface area contributed by atoms with Crippen LogP contribution in [0.15, 0.2) is 48.8 Å². The highest BCUT2D eigenvalue weighted by molar-refractivity contribution is 5.70. The Kier molecular flexibility index (Phi) is 5.71. The fourth-order valence-corrected chi connectivity index (χ4v) is 5.92. The largest absolute Gasteiger partial charge is 0.365 e. The number of hydrogen-bond acceptors (Lipinski definition) is 4. The van der Waals surface area contributed by atoms with Crippen LogP contribution in [0.1, 0.15) is 73.1 Å². The summed E-state index contributed by atoms with van der Waals surface area (Å²) in [5.74, 6) is 2.19. The van der Waals surface area contributed by atoms with Crippen LogP contribution >= 0.6 is 0 Å². The molecule has 0 amide bonds. The molecule has 6 heteroatoms. The van der Waals surface area contributed by atoms with E-state index >= 15 is 0 Å². The summed E-state index contributed by atoms with van der Waals surface area (Å²) in [5, 5.41) is 7.25. The highest BCUT2D eigenvalue weighted by atomic mass is 15.0. The van der Waals surface area contributed by atoms with Crippen molar-refractivity contribution >= 4 is 0 Å². The fourth-order valence-electron chi connectivity index (χ4n) is 5.92. The number of aromatic nitrogens is 4. The van der Waals surface area contributed by atoms with Crippen LogP contribution in [0.2, 0.25) is 0 Å². The summed E-state index contributed by atoms with van der Waals surface area (Å²) in [4.78, 5) is 16.5. The molecular weight excluding hydrogens is 420 g/mol. The first kappa shape index (κ1) is 21.6. The molecule has 4 N–H and O–H groups in total.